The first-order valence-electron chi connectivity index (χ1n) is 15.1. The van der Waals surface area contributed by atoms with Gasteiger partial charge in [-0.2, -0.15) is 5.10 Å². The minimum Gasteiger partial charge on any atom is -0.485 e. The molecule has 3 aliphatic heterocycles. The maximum atomic E-state index is 12.5. The minimum absolute atomic E-state index is 0.127. The van der Waals surface area contributed by atoms with Gasteiger partial charge in [0.15, 0.2) is 5.75 Å². The number of aryl methyl sites for hydroxylation is 2. The first-order valence-corrected chi connectivity index (χ1v) is 15.1. The van der Waals surface area contributed by atoms with Crippen LogP contribution in [0.4, 0.5) is 11.5 Å². The van der Waals surface area contributed by atoms with E-state index in [1.807, 2.05) is 43.5 Å². The van der Waals surface area contributed by atoms with Crippen molar-refractivity contribution in [2.75, 3.05) is 38.6 Å². The van der Waals surface area contributed by atoms with Crippen molar-refractivity contribution < 1.29 is 19.1 Å². The molecule has 43 heavy (non-hydrogen) atoms. The first-order chi connectivity index (χ1) is 20.9. The smallest absolute Gasteiger partial charge is 0.330 e. The molecule has 3 aromatic heterocycles. The highest BCUT2D eigenvalue weighted by Gasteiger charge is 2.30. The Morgan fingerprint density at radius 2 is 1.95 bits per heavy atom. The van der Waals surface area contributed by atoms with Crippen LogP contribution in [0, 0.1) is 6.92 Å². The number of amides is 1. The Morgan fingerprint density at radius 3 is 2.72 bits per heavy atom. The van der Waals surface area contributed by atoms with Crippen LogP contribution in [0.3, 0.4) is 0 Å². The van der Waals surface area contributed by atoms with Gasteiger partial charge in [0.1, 0.15) is 12.4 Å². The molecule has 11 heteroatoms. The van der Waals surface area contributed by atoms with Crippen LogP contribution in [-0.4, -0.2) is 80.8 Å². The molecule has 3 aliphatic rings. The van der Waals surface area contributed by atoms with E-state index >= 15 is 0 Å². The normalized spacial score (nSPS) is 19.5. The summed E-state index contributed by atoms with van der Waals surface area (Å²) in [7, 11) is 3.22. The van der Waals surface area contributed by atoms with Gasteiger partial charge in [-0.15, -0.1) is 0 Å². The lowest BCUT2D eigenvalue weighted by Crippen LogP contribution is -2.41. The van der Waals surface area contributed by atoms with Crippen molar-refractivity contribution in [3.8, 4) is 16.9 Å². The van der Waals surface area contributed by atoms with E-state index in [0.717, 1.165) is 90.5 Å². The minimum atomic E-state index is -0.511. The molecule has 6 heterocycles. The van der Waals surface area contributed by atoms with Crippen molar-refractivity contribution in [3.63, 3.8) is 0 Å². The molecule has 0 radical (unpaired) electrons. The molecular weight excluding hydrogens is 546 g/mol. The molecule has 1 unspecified atom stereocenters. The fraction of sp³-hybridized carbons (Fsp3) is 0.469. The number of pyridine rings is 2. The van der Waals surface area contributed by atoms with Crippen LogP contribution in [-0.2, 0) is 28.0 Å². The number of rotatable bonds is 5. The molecular formula is C32H39N7O4. The zero-order valence-corrected chi connectivity index (χ0v) is 25.1. The second-order valence-corrected chi connectivity index (χ2v) is 11.6. The molecule has 1 N–H and O–H groups in total. The maximum absolute atomic E-state index is 12.5. The SMILES string of the molecule is COC(=O)/C=C/C(=O)N1CCCC(N2CCC(c3cc4c(c(C)n3)OCc3c(-c5cnn(C)c5)ccnc3N4)CC2)CC1. The molecule has 226 valence electrons. The summed E-state index contributed by atoms with van der Waals surface area (Å²) in [6, 6.07) is 4.61. The summed E-state index contributed by atoms with van der Waals surface area (Å²) in [5, 5.41) is 7.90. The number of anilines is 2. The van der Waals surface area contributed by atoms with Gasteiger partial charge in [-0.05, 0) is 69.8 Å². The number of esters is 1. The number of ether oxygens (including phenoxy) is 2. The Balaban J connectivity index is 1.10. The van der Waals surface area contributed by atoms with Crippen molar-refractivity contribution >= 4 is 23.4 Å². The summed E-state index contributed by atoms with van der Waals surface area (Å²) in [4.78, 5) is 38.0. The van der Waals surface area contributed by atoms with Gasteiger partial charge >= 0.3 is 5.97 Å². The summed E-state index contributed by atoms with van der Waals surface area (Å²) in [6.07, 6.45) is 13.2. The average molecular weight is 586 g/mol. The highest BCUT2D eigenvalue weighted by molar-refractivity contribution is 5.94. The highest BCUT2D eigenvalue weighted by atomic mass is 16.5. The van der Waals surface area contributed by atoms with Crippen molar-refractivity contribution in [2.24, 2.45) is 7.05 Å². The van der Waals surface area contributed by atoms with Crippen LogP contribution >= 0.6 is 0 Å². The average Bonchev–Trinajstić information content (AvgIpc) is 3.19. The molecule has 1 atom stereocenters. The molecule has 0 spiro atoms. The van der Waals surface area contributed by atoms with Crippen LogP contribution in [0.2, 0.25) is 0 Å². The van der Waals surface area contributed by atoms with E-state index < -0.39 is 5.97 Å². The molecule has 0 bridgehead atoms. The number of carbonyl (C=O) groups is 2. The van der Waals surface area contributed by atoms with Crippen LogP contribution in [0.25, 0.3) is 11.1 Å². The van der Waals surface area contributed by atoms with Crippen LogP contribution < -0.4 is 10.1 Å². The molecule has 0 aromatic carbocycles. The molecule has 2 saturated heterocycles. The molecule has 3 aromatic rings. The number of hydrogen-bond donors (Lipinski definition) is 1. The van der Waals surface area contributed by atoms with Gasteiger partial charge in [0.25, 0.3) is 0 Å². The summed E-state index contributed by atoms with van der Waals surface area (Å²) in [5.41, 5.74) is 5.98. The van der Waals surface area contributed by atoms with Crippen LogP contribution in [0.5, 0.6) is 5.75 Å². The third kappa shape index (κ3) is 6.27. The van der Waals surface area contributed by atoms with Gasteiger partial charge < -0.3 is 24.6 Å². The van der Waals surface area contributed by atoms with Crippen molar-refractivity contribution in [1.29, 1.82) is 0 Å². The van der Waals surface area contributed by atoms with Gasteiger partial charge in [0.2, 0.25) is 5.91 Å². The summed E-state index contributed by atoms with van der Waals surface area (Å²) in [6.45, 7) is 5.85. The maximum Gasteiger partial charge on any atom is 0.330 e. The zero-order chi connectivity index (χ0) is 29.9. The van der Waals surface area contributed by atoms with E-state index in [1.54, 1.807) is 4.68 Å². The second-order valence-electron chi connectivity index (χ2n) is 11.6. The number of likely N-dealkylation sites (tertiary alicyclic amines) is 2. The largest absolute Gasteiger partial charge is 0.485 e. The third-order valence-electron chi connectivity index (χ3n) is 8.88. The van der Waals surface area contributed by atoms with E-state index in [0.29, 0.717) is 31.7 Å². The van der Waals surface area contributed by atoms with Crippen molar-refractivity contribution in [2.45, 2.75) is 57.6 Å². The quantitative estimate of drug-likeness (QED) is 0.349. The fourth-order valence-electron chi connectivity index (χ4n) is 6.56. The number of fused-ring (bicyclic) bond motifs is 2. The molecule has 0 saturated carbocycles. The number of methoxy groups -OCH3 is 1. The standard InChI is InChI=1S/C32H39N7O4/c1-21-31-28(36-32-26(20-43-31)25(8-12-33-32)23-18-34-37(2)19-23)17-27(35-21)22-9-14-38(15-10-22)24-5-4-13-39(16-11-24)29(40)6-7-30(41)42-3/h6-8,12,17-19,22,24H,4-5,9-11,13-16,20H2,1-3H3,(H,33,36)/b7-6+. The topological polar surface area (TPSA) is 115 Å². The predicted octanol–water partition coefficient (Wildman–Crippen LogP) is 4.11. The van der Waals surface area contributed by atoms with Crippen molar-refractivity contribution in [3.05, 3.63) is 59.8 Å². The summed E-state index contributed by atoms with van der Waals surface area (Å²) in [5.74, 6) is 1.30. The molecule has 11 nitrogen and oxygen atoms in total. The lowest BCUT2D eigenvalue weighted by atomic mass is 9.91. The van der Waals surface area contributed by atoms with E-state index in [9.17, 15) is 9.59 Å². The summed E-state index contributed by atoms with van der Waals surface area (Å²) < 4.78 is 12.7. The van der Waals surface area contributed by atoms with Crippen molar-refractivity contribution in [1.82, 2.24) is 29.5 Å². The number of nitrogens with zero attached hydrogens (tertiary/aromatic N) is 6. The lowest BCUT2D eigenvalue weighted by molar-refractivity contribution is -0.135. The van der Waals surface area contributed by atoms with Gasteiger partial charge in [-0.1, -0.05) is 0 Å². The van der Waals surface area contributed by atoms with Gasteiger partial charge in [-0.3, -0.25) is 14.5 Å². The number of hydrogen-bond acceptors (Lipinski definition) is 9. The van der Waals surface area contributed by atoms with E-state index in [1.165, 1.54) is 19.3 Å². The molecule has 0 aliphatic carbocycles. The lowest BCUT2D eigenvalue weighted by Gasteiger charge is -2.37. The summed E-state index contributed by atoms with van der Waals surface area (Å²) >= 11 is 0. The molecule has 2 fully saturated rings. The number of carbonyl (C=O) groups excluding carboxylic acids is 2. The number of piperidine rings is 1. The van der Waals surface area contributed by atoms with Crippen LogP contribution in [0.1, 0.15) is 55.0 Å². The second kappa shape index (κ2) is 12.5. The Hall–Kier alpha value is -4.25. The van der Waals surface area contributed by atoms with Gasteiger partial charge in [-0.25, -0.2) is 9.78 Å². The van der Waals surface area contributed by atoms with Crippen LogP contribution in [0.15, 0.2) is 42.9 Å². The monoisotopic (exact) mass is 585 g/mol. The van der Waals surface area contributed by atoms with E-state index in [-0.39, 0.29) is 5.91 Å². The van der Waals surface area contributed by atoms with E-state index in [2.05, 4.69) is 31.1 Å². The molecule has 1 amide bonds. The Kier molecular flexibility index (Phi) is 8.42. The van der Waals surface area contributed by atoms with Gasteiger partial charge in [0.05, 0.1) is 24.7 Å². The number of nitrogens with one attached hydrogen (secondary N) is 1. The molecule has 6 rings (SSSR count). The first kappa shape index (κ1) is 28.9. The van der Waals surface area contributed by atoms with E-state index in [4.69, 9.17) is 9.72 Å². The Bertz CT molecular complexity index is 1530. The fourth-order valence-corrected chi connectivity index (χ4v) is 6.56. The van der Waals surface area contributed by atoms with Gasteiger partial charge in [0, 0.05) is 73.5 Å². The number of aromatic nitrogens is 4. The Morgan fingerprint density at radius 1 is 1.12 bits per heavy atom. The highest BCUT2D eigenvalue weighted by Crippen LogP contribution is 2.40. The zero-order valence-electron chi connectivity index (χ0n) is 25.1. The predicted molar refractivity (Wildman–Crippen MR) is 162 cm³/mol. The third-order valence-corrected chi connectivity index (χ3v) is 8.88. The Labute approximate surface area is 251 Å².